The number of anilines is 3. The summed E-state index contributed by atoms with van der Waals surface area (Å²) >= 11 is 0. The first-order valence-electron chi connectivity index (χ1n) is 14.1. The fraction of sp³-hybridized carbons (Fsp3) is 0.400. The number of hydrogen-bond donors (Lipinski definition) is 1. The molecule has 9 heteroatoms. The van der Waals surface area contributed by atoms with Gasteiger partial charge in [0.25, 0.3) is 5.95 Å². The number of piperazine rings is 1. The van der Waals surface area contributed by atoms with Crippen molar-refractivity contribution in [2.24, 2.45) is 0 Å². The number of benzene rings is 2. The summed E-state index contributed by atoms with van der Waals surface area (Å²) in [5.41, 5.74) is 4.54. The predicted molar refractivity (Wildman–Crippen MR) is 154 cm³/mol. The highest BCUT2D eigenvalue weighted by Crippen LogP contribution is 2.35. The van der Waals surface area contributed by atoms with Crippen molar-refractivity contribution in [1.29, 1.82) is 0 Å². The number of fused-ring (bicyclic) bond motifs is 1. The number of rotatable bonds is 7. The molecule has 0 aliphatic carbocycles. The second kappa shape index (κ2) is 11.4. The molecule has 9 nitrogen and oxygen atoms in total. The highest BCUT2D eigenvalue weighted by Gasteiger charge is 2.29. The maximum absolute atomic E-state index is 12.1. The summed E-state index contributed by atoms with van der Waals surface area (Å²) in [6, 6.07) is 23.5. The lowest BCUT2D eigenvalue weighted by atomic mass is 9.89. The molecule has 2 fully saturated rings. The minimum absolute atomic E-state index is 0.0982. The quantitative estimate of drug-likeness (QED) is 0.388. The van der Waals surface area contributed by atoms with E-state index < -0.39 is 0 Å². The molecular formula is C30H36N8O. The number of hydrogen-bond acceptors (Lipinski definition) is 7. The third kappa shape index (κ3) is 5.59. The molecule has 2 saturated heterocycles. The number of para-hydroxylation sites is 1. The number of likely N-dealkylation sites (tertiary alicyclic amines) is 1. The Morgan fingerprint density at radius 1 is 0.872 bits per heavy atom. The second-order valence-corrected chi connectivity index (χ2v) is 10.5. The molecule has 2 aromatic carbocycles. The van der Waals surface area contributed by atoms with E-state index in [0.717, 1.165) is 64.5 Å². The van der Waals surface area contributed by atoms with Gasteiger partial charge in [-0.05, 0) is 55.6 Å². The van der Waals surface area contributed by atoms with Crippen LogP contribution in [-0.2, 0) is 11.3 Å². The summed E-state index contributed by atoms with van der Waals surface area (Å²) in [6.45, 7) is 8.54. The second-order valence-electron chi connectivity index (χ2n) is 10.5. The first kappa shape index (κ1) is 25.3. The summed E-state index contributed by atoms with van der Waals surface area (Å²) in [5, 5.41) is 16.6. The zero-order valence-corrected chi connectivity index (χ0v) is 22.5. The zero-order valence-electron chi connectivity index (χ0n) is 22.5. The van der Waals surface area contributed by atoms with Gasteiger partial charge in [0.15, 0.2) is 11.5 Å². The fourth-order valence-corrected chi connectivity index (χ4v) is 5.73. The number of carbonyl (C=O) groups excluding carboxylic acids is 1. The number of nitrogens with zero attached hydrogens (tertiary/aromatic N) is 7. The minimum atomic E-state index is -0.0982. The predicted octanol–water partition coefficient (Wildman–Crippen LogP) is 4.18. The standard InChI is InChI=1S/C30H36N8O/c1-2-28(39)31-30-33-32-27-21-26(24-13-15-35(16-14-24)22-23-9-5-3-6-10-23)29(34-38(27)30)37-19-17-36(18-20-37)25-11-7-4-8-12-25/h3-12,21,24H,2,13-20,22H2,1H3,(H,31,33,39). The maximum Gasteiger partial charge on any atom is 0.252 e. The lowest BCUT2D eigenvalue weighted by Gasteiger charge is -2.39. The number of piperidine rings is 1. The number of carbonyl (C=O) groups is 1. The first-order valence-corrected chi connectivity index (χ1v) is 14.1. The topological polar surface area (TPSA) is 81.9 Å². The molecule has 1 amide bonds. The van der Waals surface area contributed by atoms with Crippen LogP contribution in [-0.4, -0.2) is 69.9 Å². The van der Waals surface area contributed by atoms with Gasteiger partial charge in [0.1, 0.15) is 0 Å². The van der Waals surface area contributed by atoms with Gasteiger partial charge in [-0.25, -0.2) is 0 Å². The van der Waals surface area contributed by atoms with Gasteiger partial charge in [0.05, 0.1) is 0 Å². The molecule has 202 valence electrons. The Hall–Kier alpha value is -3.98. The van der Waals surface area contributed by atoms with Crippen LogP contribution in [0.2, 0.25) is 0 Å². The molecule has 6 rings (SSSR count). The van der Waals surface area contributed by atoms with Crippen LogP contribution in [0.5, 0.6) is 0 Å². The Kier molecular flexibility index (Phi) is 7.40. The van der Waals surface area contributed by atoms with Gasteiger partial charge < -0.3 is 9.80 Å². The molecule has 0 unspecified atom stereocenters. The van der Waals surface area contributed by atoms with Gasteiger partial charge in [-0.3, -0.25) is 15.0 Å². The highest BCUT2D eigenvalue weighted by atomic mass is 16.1. The van der Waals surface area contributed by atoms with Gasteiger partial charge in [-0.15, -0.1) is 15.3 Å². The number of nitrogens with one attached hydrogen (secondary N) is 1. The van der Waals surface area contributed by atoms with E-state index in [4.69, 9.17) is 5.10 Å². The van der Waals surface area contributed by atoms with Crippen molar-refractivity contribution in [1.82, 2.24) is 24.7 Å². The molecule has 0 atom stereocenters. The average Bonchev–Trinajstić information content (AvgIpc) is 3.39. The molecule has 4 heterocycles. The van der Waals surface area contributed by atoms with Crippen molar-refractivity contribution < 1.29 is 4.79 Å². The number of aromatic nitrogens is 4. The lowest BCUT2D eigenvalue weighted by molar-refractivity contribution is -0.115. The SMILES string of the molecule is CCC(=O)Nc1nnc2cc(C3CCN(Cc4ccccc4)CC3)c(N3CCN(c4ccccc4)CC3)nn12. The fourth-order valence-electron chi connectivity index (χ4n) is 5.73. The van der Waals surface area contributed by atoms with Crippen molar-refractivity contribution in [2.45, 2.75) is 38.6 Å². The minimum Gasteiger partial charge on any atom is -0.368 e. The Morgan fingerprint density at radius 2 is 1.54 bits per heavy atom. The molecular weight excluding hydrogens is 488 g/mol. The van der Waals surface area contributed by atoms with E-state index in [1.807, 2.05) is 6.92 Å². The van der Waals surface area contributed by atoms with Crippen LogP contribution in [0.3, 0.4) is 0 Å². The van der Waals surface area contributed by atoms with E-state index in [1.165, 1.54) is 16.8 Å². The maximum atomic E-state index is 12.1. The zero-order chi connectivity index (χ0) is 26.6. The molecule has 0 bridgehead atoms. The van der Waals surface area contributed by atoms with Gasteiger partial charge in [0, 0.05) is 50.4 Å². The van der Waals surface area contributed by atoms with Crippen molar-refractivity contribution in [2.75, 3.05) is 54.4 Å². The van der Waals surface area contributed by atoms with E-state index in [2.05, 4.69) is 96.9 Å². The summed E-state index contributed by atoms with van der Waals surface area (Å²) in [5.74, 6) is 1.68. The van der Waals surface area contributed by atoms with Gasteiger partial charge in [-0.1, -0.05) is 55.5 Å². The molecule has 2 aromatic heterocycles. The summed E-state index contributed by atoms with van der Waals surface area (Å²) in [7, 11) is 0. The molecule has 0 saturated carbocycles. The van der Waals surface area contributed by atoms with Gasteiger partial charge in [0.2, 0.25) is 5.91 Å². The van der Waals surface area contributed by atoms with E-state index >= 15 is 0 Å². The van der Waals surface area contributed by atoms with Crippen LogP contribution in [0.4, 0.5) is 17.5 Å². The molecule has 39 heavy (non-hydrogen) atoms. The van der Waals surface area contributed by atoms with Crippen LogP contribution < -0.4 is 15.1 Å². The van der Waals surface area contributed by atoms with Crippen molar-refractivity contribution in [3.63, 3.8) is 0 Å². The van der Waals surface area contributed by atoms with Crippen LogP contribution in [0.25, 0.3) is 5.65 Å². The van der Waals surface area contributed by atoms with Crippen LogP contribution in [0.15, 0.2) is 66.7 Å². The Morgan fingerprint density at radius 3 is 2.23 bits per heavy atom. The molecule has 0 spiro atoms. The normalized spacial score (nSPS) is 17.1. The third-order valence-electron chi connectivity index (χ3n) is 7.95. The van der Waals surface area contributed by atoms with Gasteiger partial charge in [-0.2, -0.15) is 4.52 Å². The summed E-state index contributed by atoms with van der Waals surface area (Å²) in [6.07, 6.45) is 2.54. The smallest absolute Gasteiger partial charge is 0.252 e. The van der Waals surface area contributed by atoms with E-state index in [9.17, 15) is 4.79 Å². The Balaban J connectivity index is 1.25. The Labute approximate surface area is 229 Å². The van der Waals surface area contributed by atoms with Crippen LogP contribution in [0, 0.1) is 0 Å². The van der Waals surface area contributed by atoms with E-state index in [0.29, 0.717) is 23.9 Å². The van der Waals surface area contributed by atoms with Gasteiger partial charge >= 0.3 is 0 Å². The largest absolute Gasteiger partial charge is 0.368 e. The average molecular weight is 525 g/mol. The monoisotopic (exact) mass is 524 g/mol. The summed E-state index contributed by atoms with van der Waals surface area (Å²) in [4.78, 5) is 19.5. The molecule has 0 radical (unpaired) electrons. The van der Waals surface area contributed by atoms with E-state index in [1.54, 1.807) is 4.52 Å². The van der Waals surface area contributed by atoms with Crippen molar-refractivity contribution in [3.8, 4) is 0 Å². The van der Waals surface area contributed by atoms with Crippen LogP contribution >= 0.6 is 0 Å². The van der Waals surface area contributed by atoms with Crippen molar-refractivity contribution in [3.05, 3.63) is 77.9 Å². The molecule has 2 aliphatic heterocycles. The van der Waals surface area contributed by atoms with Crippen LogP contribution in [0.1, 0.15) is 43.2 Å². The number of amides is 1. The first-order chi connectivity index (χ1) is 19.2. The summed E-state index contributed by atoms with van der Waals surface area (Å²) < 4.78 is 1.69. The third-order valence-corrected chi connectivity index (χ3v) is 7.95. The lowest BCUT2D eigenvalue weighted by Crippen LogP contribution is -2.47. The van der Waals surface area contributed by atoms with Crippen molar-refractivity contribution >= 4 is 29.0 Å². The molecule has 2 aliphatic rings. The Bertz CT molecular complexity index is 1390. The van der Waals surface area contributed by atoms with E-state index in [-0.39, 0.29) is 5.91 Å². The molecule has 1 N–H and O–H groups in total. The molecule has 4 aromatic rings. The highest BCUT2D eigenvalue weighted by molar-refractivity contribution is 5.89.